The topological polar surface area (TPSA) is 49.9 Å². The Balaban J connectivity index is 2.06. The minimum absolute atomic E-state index is 0.136. The van der Waals surface area contributed by atoms with Crippen molar-refractivity contribution in [2.24, 2.45) is 0 Å². The van der Waals surface area contributed by atoms with Crippen LogP contribution in [-0.4, -0.2) is 28.7 Å². The zero-order chi connectivity index (χ0) is 15.3. The van der Waals surface area contributed by atoms with E-state index in [0.29, 0.717) is 6.61 Å². The van der Waals surface area contributed by atoms with Crippen molar-refractivity contribution in [3.63, 3.8) is 0 Å². The fourth-order valence-electron chi connectivity index (χ4n) is 2.15. The molecule has 2 rings (SSSR count). The molecule has 0 atom stereocenters. The van der Waals surface area contributed by atoms with E-state index in [1.807, 2.05) is 31.3 Å². The van der Waals surface area contributed by atoms with Crippen LogP contribution in [0.25, 0.3) is 11.3 Å². The summed E-state index contributed by atoms with van der Waals surface area (Å²) in [6.07, 6.45) is 2.76. The van der Waals surface area contributed by atoms with Crippen LogP contribution in [0.5, 0.6) is 5.75 Å². The number of benzene rings is 1. The summed E-state index contributed by atoms with van der Waals surface area (Å²) in [5, 5.41) is 3.47. The minimum Gasteiger partial charge on any atom is -0.493 e. The number of rotatable bonds is 6. The van der Waals surface area contributed by atoms with Gasteiger partial charge in [0, 0.05) is 24.1 Å². The highest BCUT2D eigenvalue weighted by atomic mass is 16.5. The monoisotopic (exact) mass is 287 g/mol. The van der Waals surface area contributed by atoms with Crippen molar-refractivity contribution in [2.75, 3.05) is 13.2 Å². The average molecular weight is 287 g/mol. The van der Waals surface area contributed by atoms with E-state index < -0.39 is 0 Å². The van der Waals surface area contributed by atoms with Crippen molar-refractivity contribution >= 4 is 0 Å². The second kappa shape index (κ2) is 6.76. The summed E-state index contributed by atoms with van der Waals surface area (Å²) < 4.78 is 5.67. The molecule has 2 aromatic rings. The first-order valence-corrected chi connectivity index (χ1v) is 7.50. The molecule has 1 heterocycles. The Hall–Kier alpha value is -1.81. The smallest absolute Gasteiger partial charge is 0.128 e. The van der Waals surface area contributed by atoms with Crippen molar-refractivity contribution in [3.05, 3.63) is 36.3 Å². The number of ether oxygens (including phenoxy) is 1. The molecule has 0 saturated carbocycles. The first-order chi connectivity index (χ1) is 9.99. The maximum atomic E-state index is 5.67. The second-order valence-electron chi connectivity index (χ2n) is 6.10. The van der Waals surface area contributed by atoms with Crippen LogP contribution in [0.1, 0.15) is 33.5 Å². The van der Waals surface area contributed by atoms with Gasteiger partial charge in [-0.05, 0) is 39.8 Å². The second-order valence-corrected chi connectivity index (χ2v) is 6.10. The molecule has 0 amide bonds. The Morgan fingerprint density at radius 2 is 2.00 bits per heavy atom. The molecule has 4 heteroatoms. The first kappa shape index (κ1) is 15.6. The molecule has 0 fully saturated rings. The van der Waals surface area contributed by atoms with Crippen LogP contribution >= 0.6 is 0 Å². The summed E-state index contributed by atoms with van der Waals surface area (Å²) in [6, 6.07) is 8.04. The van der Waals surface area contributed by atoms with Gasteiger partial charge in [-0.3, -0.25) is 0 Å². The van der Waals surface area contributed by atoms with Crippen molar-refractivity contribution in [2.45, 2.75) is 39.7 Å². The molecule has 0 aliphatic carbocycles. The van der Waals surface area contributed by atoms with Gasteiger partial charge in [0.2, 0.25) is 0 Å². The van der Waals surface area contributed by atoms with Gasteiger partial charge in [-0.2, -0.15) is 0 Å². The number of nitrogens with one attached hydrogen (secondary N) is 2. The lowest BCUT2D eigenvalue weighted by molar-refractivity contribution is 0.341. The molecule has 21 heavy (non-hydrogen) atoms. The van der Waals surface area contributed by atoms with E-state index in [1.165, 1.54) is 0 Å². The van der Waals surface area contributed by atoms with E-state index in [1.54, 1.807) is 0 Å². The standard InChI is InChI=1S/C17H25N3O/c1-5-21-15-9-7-6-8-13(15)14-12-18-16(20-14)10-11-19-17(2,3)4/h6-9,12,19H,5,10-11H2,1-4H3,(H,18,20). The summed E-state index contributed by atoms with van der Waals surface area (Å²) in [7, 11) is 0. The maximum absolute atomic E-state index is 5.67. The molecule has 0 saturated heterocycles. The van der Waals surface area contributed by atoms with Crippen molar-refractivity contribution in [1.82, 2.24) is 15.3 Å². The summed E-state index contributed by atoms with van der Waals surface area (Å²) in [6.45, 7) is 10.1. The minimum atomic E-state index is 0.136. The van der Waals surface area contributed by atoms with Gasteiger partial charge in [0.15, 0.2) is 0 Å². The molecule has 1 aromatic heterocycles. The van der Waals surface area contributed by atoms with E-state index in [9.17, 15) is 0 Å². The van der Waals surface area contributed by atoms with Crippen LogP contribution in [0.4, 0.5) is 0 Å². The normalized spacial score (nSPS) is 11.6. The third-order valence-electron chi connectivity index (χ3n) is 3.12. The Morgan fingerprint density at radius 3 is 2.71 bits per heavy atom. The van der Waals surface area contributed by atoms with E-state index in [2.05, 4.69) is 42.1 Å². The largest absolute Gasteiger partial charge is 0.493 e. The highest BCUT2D eigenvalue weighted by Gasteiger charge is 2.11. The zero-order valence-corrected chi connectivity index (χ0v) is 13.4. The Labute approximate surface area is 127 Å². The van der Waals surface area contributed by atoms with Gasteiger partial charge in [-0.1, -0.05) is 12.1 Å². The molecule has 0 aliphatic rings. The van der Waals surface area contributed by atoms with Crippen LogP contribution < -0.4 is 10.1 Å². The van der Waals surface area contributed by atoms with Gasteiger partial charge < -0.3 is 15.0 Å². The van der Waals surface area contributed by atoms with E-state index in [-0.39, 0.29) is 5.54 Å². The molecule has 1 aromatic carbocycles. The van der Waals surface area contributed by atoms with Crippen molar-refractivity contribution in [3.8, 4) is 17.0 Å². The number of H-pyrrole nitrogens is 1. The Bertz CT molecular complexity index is 569. The molecule has 0 bridgehead atoms. The number of para-hydroxylation sites is 1. The molecular formula is C17H25N3O. The maximum Gasteiger partial charge on any atom is 0.128 e. The molecule has 4 nitrogen and oxygen atoms in total. The molecule has 0 unspecified atom stereocenters. The fourth-order valence-corrected chi connectivity index (χ4v) is 2.15. The number of hydrogen-bond acceptors (Lipinski definition) is 3. The third-order valence-corrected chi connectivity index (χ3v) is 3.12. The molecule has 2 N–H and O–H groups in total. The van der Waals surface area contributed by atoms with Crippen molar-refractivity contribution in [1.29, 1.82) is 0 Å². The molecule has 0 spiro atoms. The van der Waals surface area contributed by atoms with Gasteiger partial charge in [0.05, 0.1) is 18.5 Å². The van der Waals surface area contributed by atoms with Gasteiger partial charge in [0.1, 0.15) is 11.6 Å². The lowest BCUT2D eigenvalue weighted by atomic mass is 10.1. The van der Waals surface area contributed by atoms with Crippen molar-refractivity contribution < 1.29 is 4.74 Å². The Morgan fingerprint density at radius 1 is 1.24 bits per heavy atom. The van der Waals surface area contributed by atoms with Crippen LogP contribution in [-0.2, 0) is 6.42 Å². The summed E-state index contributed by atoms with van der Waals surface area (Å²) in [5.74, 6) is 1.89. The van der Waals surface area contributed by atoms with E-state index in [0.717, 1.165) is 35.8 Å². The number of aromatic nitrogens is 2. The quantitative estimate of drug-likeness (QED) is 0.856. The lowest BCUT2D eigenvalue weighted by Crippen LogP contribution is -2.37. The highest BCUT2D eigenvalue weighted by Crippen LogP contribution is 2.28. The van der Waals surface area contributed by atoms with Crippen LogP contribution in [0, 0.1) is 0 Å². The highest BCUT2D eigenvalue weighted by molar-refractivity contribution is 5.66. The number of nitrogens with zero attached hydrogens (tertiary/aromatic N) is 1. The molecule has 0 radical (unpaired) electrons. The van der Waals surface area contributed by atoms with Crippen LogP contribution in [0.2, 0.25) is 0 Å². The first-order valence-electron chi connectivity index (χ1n) is 7.50. The lowest BCUT2D eigenvalue weighted by Gasteiger charge is -2.19. The van der Waals surface area contributed by atoms with Crippen LogP contribution in [0.15, 0.2) is 30.5 Å². The van der Waals surface area contributed by atoms with Gasteiger partial charge in [0.25, 0.3) is 0 Å². The van der Waals surface area contributed by atoms with Gasteiger partial charge >= 0.3 is 0 Å². The van der Waals surface area contributed by atoms with E-state index in [4.69, 9.17) is 4.74 Å². The summed E-state index contributed by atoms with van der Waals surface area (Å²) in [5.41, 5.74) is 2.20. The predicted octanol–water partition coefficient (Wildman–Crippen LogP) is 3.41. The van der Waals surface area contributed by atoms with E-state index >= 15 is 0 Å². The predicted molar refractivity (Wildman–Crippen MR) is 86.7 cm³/mol. The van der Waals surface area contributed by atoms with Crippen LogP contribution in [0.3, 0.4) is 0 Å². The molecular weight excluding hydrogens is 262 g/mol. The molecule has 0 aliphatic heterocycles. The fraction of sp³-hybridized carbons (Fsp3) is 0.471. The van der Waals surface area contributed by atoms with Gasteiger partial charge in [-0.15, -0.1) is 0 Å². The Kier molecular flexibility index (Phi) is 5.02. The number of imidazole rings is 1. The van der Waals surface area contributed by atoms with Gasteiger partial charge in [-0.25, -0.2) is 4.98 Å². The summed E-state index contributed by atoms with van der Waals surface area (Å²) in [4.78, 5) is 7.85. The average Bonchev–Trinajstić information content (AvgIpc) is 2.87. The number of hydrogen-bond donors (Lipinski definition) is 2. The molecule has 114 valence electrons. The SMILES string of the molecule is CCOc1ccccc1-c1cnc(CCNC(C)(C)C)[nH]1. The third kappa shape index (κ3) is 4.60. The summed E-state index contributed by atoms with van der Waals surface area (Å²) >= 11 is 0. The zero-order valence-electron chi connectivity index (χ0n) is 13.4. The number of aromatic amines is 1.